The summed E-state index contributed by atoms with van der Waals surface area (Å²) in [5, 5.41) is 14.1. The molecule has 5 amide bonds. The fraction of sp³-hybridized carbons (Fsp3) is 0.796. The number of alkyl carbamates (subject to hydrolysis) is 1. The first-order valence-corrected chi connectivity index (χ1v) is 25.3. The van der Waals surface area contributed by atoms with E-state index < -0.39 is 41.6 Å². The molecule has 70 heavy (non-hydrogen) atoms. The van der Waals surface area contributed by atoms with Gasteiger partial charge in [0.15, 0.2) is 0 Å². The van der Waals surface area contributed by atoms with Gasteiger partial charge in [0, 0.05) is 19.6 Å². The average molecular weight is 991 g/mol. The summed E-state index contributed by atoms with van der Waals surface area (Å²) in [7, 11) is 1.31. The van der Waals surface area contributed by atoms with Crippen LogP contribution in [0.5, 0.6) is 0 Å². The maximum Gasteiger partial charge on any atom is 0.406 e. The molecule has 0 fully saturated rings. The smallest absolute Gasteiger partial charge is 0.406 e. The Hall–Kier alpha value is -5.95. The van der Waals surface area contributed by atoms with E-state index >= 15 is 0 Å². The fourth-order valence-electron chi connectivity index (χ4n) is 6.20. The lowest BCUT2D eigenvalue weighted by atomic mass is 9.99. The molecule has 0 aromatic carbocycles. The normalized spacial score (nSPS) is 10.4. The molecule has 21 nitrogen and oxygen atoms in total. The number of amides is 5. The molecule has 0 aliphatic rings. The fourth-order valence-corrected chi connectivity index (χ4v) is 6.20. The standard InChI is InChI=1S/C19H31N5O6.C18H27N5O5.2C6H14/c1-30-19(29)22-13-9-5-4-8-12-21-17(27)16(18(28)24-23-15-26)10-6-2-3-7-11-20-14-25;24-13-19-10-6-2-1-5-9-16(18(28)23-22-15-26)17(27)21-12-8-4-3-7-11-20-14-25;2*1-3-5-6-4-2/h16H,2-13H2,1H3,(H,21,27)(H,22,29)(H,24,28);16H,1-12H2,(H,21,27)(H,23,28);2*3-6H2,1-2H3. The van der Waals surface area contributed by atoms with Crippen molar-refractivity contribution in [2.45, 2.75) is 195 Å². The molecule has 0 bridgehead atoms. The Balaban J connectivity index is -0.000000503. The van der Waals surface area contributed by atoms with Gasteiger partial charge in [-0.15, -0.1) is 0 Å². The van der Waals surface area contributed by atoms with Crippen LogP contribution in [0.2, 0.25) is 0 Å². The second-order valence-corrected chi connectivity index (χ2v) is 16.0. The van der Waals surface area contributed by atoms with Crippen LogP contribution in [0.1, 0.15) is 195 Å². The van der Waals surface area contributed by atoms with E-state index in [0.29, 0.717) is 65.0 Å². The van der Waals surface area contributed by atoms with Gasteiger partial charge in [0.05, 0.1) is 26.7 Å². The van der Waals surface area contributed by atoms with Gasteiger partial charge in [0.1, 0.15) is 11.8 Å². The third kappa shape index (κ3) is 54.7. The van der Waals surface area contributed by atoms with Crippen LogP contribution in [0.25, 0.3) is 0 Å². The van der Waals surface area contributed by atoms with Crippen LogP contribution >= 0.6 is 0 Å². The summed E-state index contributed by atoms with van der Waals surface area (Å²) in [5.41, 5.74) is 4.03. The summed E-state index contributed by atoms with van der Waals surface area (Å²) in [4.78, 5) is 120. The van der Waals surface area contributed by atoms with Crippen molar-refractivity contribution in [1.82, 2.24) is 26.8 Å². The minimum atomic E-state index is -0.945. The van der Waals surface area contributed by atoms with Crippen molar-refractivity contribution in [1.29, 1.82) is 0 Å². The Kier molecular flexibility index (Phi) is 61.6. The summed E-state index contributed by atoms with van der Waals surface area (Å²) >= 11 is 0. The first-order chi connectivity index (χ1) is 34.1. The number of ether oxygens (including phenoxy) is 1. The molecule has 21 heteroatoms. The number of rotatable bonds is 40. The Bertz CT molecular complexity index is 1550. The lowest BCUT2D eigenvalue weighted by Gasteiger charge is -2.15. The molecule has 0 radical (unpaired) electrons. The molecular weight excluding hydrogens is 905 g/mol. The summed E-state index contributed by atoms with van der Waals surface area (Å²) < 4.78 is 4.47. The monoisotopic (exact) mass is 991 g/mol. The van der Waals surface area contributed by atoms with Crippen molar-refractivity contribution < 1.29 is 52.7 Å². The second-order valence-electron chi connectivity index (χ2n) is 16.0. The lowest BCUT2D eigenvalue weighted by Crippen LogP contribution is -2.40. The molecule has 5 N–H and O–H groups in total. The SMILES string of the molecule is CCCCCC.CCCCCC.COC(=O)NCCCCCCNC(=O)C(CCCCCCN=C=O)C(=O)NN=C=O.O=C=NCCCCCCNC(=O)C(CCCCCCN=C=O)C(=O)NN=C=O. The molecule has 0 rings (SSSR count). The number of hydrogen-bond acceptors (Lipinski definition) is 16. The van der Waals surface area contributed by atoms with Crippen LogP contribution < -0.4 is 26.8 Å². The Morgan fingerprint density at radius 3 is 0.971 bits per heavy atom. The molecule has 0 saturated carbocycles. The van der Waals surface area contributed by atoms with Crippen LogP contribution in [0.4, 0.5) is 4.79 Å². The molecular formula is C49H86N10O11. The highest BCUT2D eigenvalue weighted by Gasteiger charge is 2.27. The molecule has 0 aliphatic heterocycles. The highest BCUT2D eigenvalue weighted by atomic mass is 16.5. The van der Waals surface area contributed by atoms with E-state index in [1.54, 1.807) is 0 Å². The van der Waals surface area contributed by atoms with E-state index in [2.05, 4.69) is 73.6 Å². The van der Waals surface area contributed by atoms with E-state index in [9.17, 15) is 47.9 Å². The highest BCUT2D eigenvalue weighted by molar-refractivity contribution is 6.00. The maximum atomic E-state index is 12.4. The third-order valence-electron chi connectivity index (χ3n) is 10.2. The predicted octanol–water partition coefficient (Wildman–Crippen LogP) is 7.73. The molecule has 2 atom stereocenters. The summed E-state index contributed by atoms with van der Waals surface area (Å²) in [5.74, 6) is -3.99. The van der Waals surface area contributed by atoms with Crippen LogP contribution in [0.3, 0.4) is 0 Å². The van der Waals surface area contributed by atoms with Gasteiger partial charge in [-0.3, -0.25) is 19.2 Å². The average Bonchev–Trinajstić information content (AvgIpc) is 3.37. The van der Waals surface area contributed by atoms with E-state index in [4.69, 9.17) is 0 Å². The van der Waals surface area contributed by atoms with Gasteiger partial charge in [-0.1, -0.05) is 153 Å². The number of nitrogens with one attached hydrogen (secondary N) is 5. The molecule has 0 aromatic heterocycles. The summed E-state index contributed by atoms with van der Waals surface area (Å²) in [6.07, 6.45) is 30.6. The van der Waals surface area contributed by atoms with Gasteiger partial charge < -0.3 is 20.7 Å². The number of unbranched alkanes of at least 4 members (excludes halogenated alkanes) is 18. The Labute approximate surface area is 416 Å². The minimum absolute atomic E-state index is 0.322. The van der Waals surface area contributed by atoms with Crippen molar-refractivity contribution in [3.05, 3.63) is 0 Å². The number of carbonyl (C=O) groups is 5. The van der Waals surface area contributed by atoms with Crippen molar-refractivity contribution in [3.63, 3.8) is 0 Å². The molecule has 0 aromatic rings. The Morgan fingerprint density at radius 2 is 0.686 bits per heavy atom. The largest absolute Gasteiger partial charge is 0.453 e. The lowest BCUT2D eigenvalue weighted by molar-refractivity contribution is -0.137. The topological polar surface area (TPSA) is 302 Å². The predicted molar refractivity (Wildman–Crippen MR) is 268 cm³/mol. The van der Waals surface area contributed by atoms with Crippen LogP contribution in [-0.4, -0.2) is 106 Å². The molecule has 0 aliphatic carbocycles. The molecule has 0 heterocycles. The van der Waals surface area contributed by atoms with Crippen LogP contribution in [0.15, 0.2) is 25.2 Å². The number of isocyanates is 5. The first kappa shape index (κ1) is 70.6. The van der Waals surface area contributed by atoms with Crippen molar-refractivity contribution in [2.24, 2.45) is 37.0 Å². The zero-order valence-corrected chi connectivity index (χ0v) is 43.0. The van der Waals surface area contributed by atoms with Gasteiger partial charge in [-0.2, -0.15) is 0 Å². The number of aliphatic imine (C=N–C) groups is 3. The van der Waals surface area contributed by atoms with Gasteiger partial charge in [-0.05, 0) is 51.4 Å². The maximum absolute atomic E-state index is 12.4. The van der Waals surface area contributed by atoms with E-state index in [0.717, 1.165) is 89.9 Å². The van der Waals surface area contributed by atoms with Crippen molar-refractivity contribution in [3.8, 4) is 0 Å². The van der Waals surface area contributed by atoms with Gasteiger partial charge >= 0.3 is 6.09 Å². The summed E-state index contributed by atoms with van der Waals surface area (Å²) in [6.45, 7) is 11.6. The van der Waals surface area contributed by atoms with E-state index in [1.807, 2.05) is 10.9 Å². The zero-order chi connectivity index (χ0) is 53.0. The van der Waals surface area contributed by atoms with Gasteiger partial charge in [-0.25, -0.2) is 54.6 Å². The number of hydrazone groups is 2. The van der Waals surface area contributed by atoms with Crippen LogP contribution in [0, 0.1) is 11.8 Å². The van der Waals surface area contributed by atoms with Gasteiger partial charge in [0.25, 0.3) is 24.0 Å². The zero-order valence-electron chi connectivity index (χ0n) is 43.0. The molecule has 2 unspecified atom stereocenters. The number of methoxy groups -OCH3 is 1. The number of carbonyl (C=O) groups excluding carboxylic acids is 10. The first-order valence-electron chi connectivity index (χ1n) is 25.3. The van der Waals surface area contributed by atoms with Crippen molar-refractivity contribution >= 4 is 60.1 Å². The van der Waals surface area contributed by atoms with Crippen molar-refractivity contribution in [2.75, 3.05) is 46.4 Å². The third-order valence-corrected chi connectivity index (χ3v) is 10.2. The van der Waals surface area contributed by atoms with E-state index in [-0.39, 0.29) is 0 Å². The molecule has 398 valence electrons. The molecule has 0 spiro atoms. The number of nitrogens with zero attached hydrogens (tertiary/aromatic N) is 5. The molecule has 0 saturated heterocycles. The highest BCUT2D eigenvalue weighted by Crippen LogP contribution is 2.14. The Morgan fingerprint density at radius 1 is 0.386 bits per heavy atom. The minimum Gasteiger partial charge on any atom is -0.453 e. The quantitative estimate of drug-likeness (QED) is 0.0130. The number of hydrogen-bond donors (Lipinski definition) is 5. The van der Waals surface area contributed by atoms with E-state index in [1.165, 1.54) is 88.9 Å². The second kappa shape index (κ2) is 61.1. The summed E-state index contributed by atoms with van der Waals surface area (Å²) in [6, 6.07) is 0. The van der Waals surface area contributed by atoms with Crippen LogP contribution in [-0.2, 0) is 47.9 Å². The van der Waals surface area contributed by atoms with Gasteiger partial charge in [0.2, 0.25) is 30.1 Å².